The number of anilines is 1. The van der Waals surface area contributed by atoms with Gasteiger partial charge in [-0.1, -0.05) is 6.07 Å². The Balaban J connectivity index is 2.06. The van der Waals surface area contributed by atoms with E-state index in [-0.39, 0.29) is 11.6 Å². The first kappa shape index (κ1) is 24.7. The number of nitrogens with zero attached hydrogens (tertiary/aromatic N) is 2. The summed E-state index contributed by atoms with van der Waals surface area (Å²) in [6.45, 7) is 6.88. The number of rotatable bonds is 5. The van der Waals surface area contributed by atoms with Crippen LogP contribution in [0.5, 0.6) is 0 Å². The number of nitrogens with one attached hydrogen (secondary N) is 1. The van der Waals surface area contributed by atoms with Gasteiger partial charge in [0.25, 0.3) is 5.91 Å². The molecule has 1 N–H and O–H groups in total. The first-order chi connectivity index (χ1) is 15.0. The Hall–Kier alpha value is -3.56. The molecule has 2 amide bonds. The van der Waals surface area contributed by atoms with Crippen LogP contribution in [0.15, 0.2) is 36.0 Å². The number of methoxy groups -OCH3 is 2. The molecule has 0 aliphatic carbocycles. The van der Waals surface area contributed by atoms with Crippen molar-refractivity contribution in [2.45, 2.75) is 26.4 Å². The van der Waals surface area contributed by atoms with Crippen LogP contribution < -0.4 is 5.32 Å². The lowest BCUT2D eigenvalue weighted by atomic mass is 10.1. The Kier molecular flexibility index (Phi) is 8.22. The highest BCUT2D eigenvalue weighted by molar-refractivity contribution is 5.99. The van der Waals surface area contributed by atoms with Crippen LogP contribution in [0.1, 0.15) is 31.1 Å². The molecule has 1 aromatic carbocycles. The molecule has 0 radical (unpaired) electrons. The lowest BCUT2D eigenvalue weighted by molar-refractivity contribution is -0.138. The van der Waals surface area contributed by atoms with Gasteiger partial charge in [0, 0.05) is 37.4 Å². The molecule has 0 bridgehead atoms. The van der Waals surface area contributed by atoms with E-state index in [0.717, 1.165) is 6.08 Å². The van der Waals surface area contributed by atoms with Crippen molar-refractivity contribution in [1.29, 1.82) is 0 Å². The number of hydrogen-bond acceptors (Lipinski definition) is 8. The van der Waals surface area contributed by atoms with Gasteiger partial charge in [0.1, 0.15) is 11.3 Å². The maximum Gasteiger partial charge on any atom is 0.410 e. The summed E-state index contributed by atoms with van der Waals surface area (Å²) in [7, 11) is 2.38. The minimum Gasteiger partial charge on any atom is -0.466 e. The van der Waals surface area contributed by atoms with Gasteiger partial charge in [0.15, 0.2) is 0 Å². The van der Waals surface area contributed by atoms with E-state index in [1.807, 2.05) is 0 Å². The van der Waals surface area contributed by atoms with E-state index in [9.17, 15) is 19.2 Å². The molecule has 2 rings (SSSR count). The van der Waals surface area contributed by atoms with Crippen molar-refractivity contribution in [2.24, 2.45) is 0 Å². The number of benzene rings is 1. The van der Waals surface area contributed by atoms with Gasteiger partial charge in [-0.3, -0.25) is 4.79 Å². The highest BCUT2D eigenvalue weighted by Crippen LogP contribution is 2.17. The fraction of sp³-hybridized carbons (Fsp3) is 0.455. The number of carbonyl (C=O) groups is 4. The van der Waals surface area contributed by atoms with Gasteiger partial charge in [-0.2, -0.15) is 0 Å². The summed E-state index contributed by atoms with van der Waals surface area (Å²) in [4.78, 5) is 51.8. The molecule has 1 aliphatic rings. The highest BCUT2D eigenvalue weighted by Gasteiger charge is 2.28. The summed E-state index contributed by atoms with van der Waals surface area (Å²) in [6.07, 6.45) is 0.569. The third-order valence-electron chi connectivity index (χ3n) is 4.48. The van der Waals surface area contributed by atoms with Crippen molar-refractivity contribution in [2.75, 3.05) is 45.7 Å². The van der Waals surface area contributed by atoms with E-state index >= 15 is 0 Å². The smallest absolute Gasteiger partial charge is 0.410 e. The van der Waals surface area contributed by atoms with E-state index in [2.05, 4.69) is 14.8 Å². The number of piperazine rings is 1. The third-order valence-corrected chi connectivity index (χ3v) is 4.48. The zero-order chi connectivity index (χ0) is 23.9. The van der Waals surface area contributed by atoms with Gasteiger partial charge in [-0.25, -0.2) is 14.4 Å². The lowest BCUT2D eigenvalue weighted by Crippen LogP contribution is -2.51. The number of amides is 2. The van der Waals surface area contributed by atoms with Crippen LogP contribution in [-0.2, 0) is 23.8 Å². The molecule has 10 heteroatoms. The van der Waals surface area contributed by atoms with Crippen molar-refractivity contribution < 1.29 is 33.4 Å². The van der Waals surface area contributed by atoms with Crippen molar-refractivity contribution in [1.82, 2.24) is 9.80 Å². The largest absolute Gasteiger partial charge is 0.466 e. The zero-order valence-corrected chi connectivity index (χ0v) is 19.0. The number of carbonyl (C=O) groups excluding carboxylic acids is 4. The van der Waals surface area contributed by atoms with E-state index < -0.39 is 23.6 Å². The molecule has 0 unspecified atom stereocenters. The molecule has 1 saturated heterocycles. The maximum atomic E-state index is 12.9. The van der Waals surface area contributed by atoms with Gasteiger partial charge in [-0.05, 0) is 39.0 Å². The van der Waals surface area contributed by atoms with Crippen molar-refractivity contribution in [3.05, 3.63) is 41.6 Å². The molecule has 1 aliphatic heterocycles. The summed E-state index contributed by atoms with van der Waals surface area (Å²) in [5.41, 5.74) is 0.102. The van der Waals surface area contributed by atoms with Crippen LogP contribution in [0.3, 0.4) is 0 Å². The van der Waals surface area contributed by atoms with Crippen LogP contribution in [0.4, 0.5) is 10.5 Å². The first-order valence-corrected chi connectivity index (χ1v) is 10.1. The van der Waals surface area contributed by atoms with Crippen LogP contribution >= 0.6 is 0 Å². The SMILES string of the molecule is COC(=O)/C=C(/Nc1cccc(C(=O)N2CCN(C(=O)OC(C)(C)C)CC2)c1)C(=O)OC. The van der Waals surface area contributed by atoms with Crippen LogP contribution in [0.25, 0.3) is 0 Å². The molecule has 0 aromatic heterocycles. The average Bonchev–Trinajstić information content (AvgIpc) is 2.76. The van der Waals surface area contributed by atoms with Gasteiger partial charge in [0.2, 0.25) is 0 Å². The minimum absolute atomic E-state index is 0.130. The van der Waals surface area contributed by atoms with Crippen LogP contribution in [-0.4, -0.2) is 79.7 Å². The predicted molar refractivity (Wildman–Crippen MR) is 116 cm³/mol. The summed E-state index contributed by atoms with van der Waals surface area (Å²) in [5.74, 6) is -1.70. The summed E-state index contributed by atoms with van der Waals surface area (Å²) < 4.78 is 14.6. The Morgan fingerprint density at radius 1 is 0.969 bits per heavy atom. The van der Waals surface area contributed by atoms with Crippen molar-refractivity contribution >= 4 is 29.6 Å². The molecule has 10 nitrogen and oxygen atoms in total. The summed E-state index contributed by atoms with van der Waals surface area (Å²) in [6, 6.07) is 6.51. The molecule has 1 aromatic rings. The molecule has 1 heterocycles. The lowest BCUT2D eigenvalue weighted by Gasteiger charge is -2.35. The summed E-state index contributed by atoms with van der Waals surface area (Å²) in [5, 5.41) is 2.78. The van der Waals surface area contributed by atoms with E-state index in [4.69, 9.17) is 4.74 Å². The monoisotopic (exact) mass is 447 g/mol. The number of hydrogen-bond donors (Lipinski definition) is 1. The first-order valence-electron chi connectivity index (χ1n) is 10.1. The second kappa shape index (κ2) is 10.7. The van der Waals surface area contributed by atoms with Gasteiger partial charge in [-0.15, -0.1) is 0 Å². The quantitative estimate of drug-likeness (QED) is 0.414. The Morgan fingerprint density at radius 2 is 1.59 bits per heavy atom. The molecule has 174 valence electrons. The standard InChI is InChI=1S/C22H29N3O7/c1-22(2,3)32-21(29)25-11-9-24(10-12-25)19(27)15-7-6-8-16(13-15)23-17(20(28)31-5)14-18(26)30-4/h6-8,13-14,23H,9-12H2,1-5H3/b17-14+. The molecule has 0 spiro atoms. The van der Waals surface area contributed by atoms with E-state index in [1.54, 1.807) is 54.8 Å². The van der Waals surface area contributed by atoms with E-state index in [1.165, 1.54) is 14.2 Å². The topological polar surface area (TPSA) is 114 Å². The van der Waals surface area contributed by atoms with Gasteiger partial charge < -0.3 is 29.3 Å². The molecule has 1 fully saturated rings. The number of esters is 2. The highest BCUT2D eigenvalue weighted by atomic mass is 16.6. The average molecular weight is 447 g/mol. The zero-order valence-electron chi connectivity index (χ0n) is 19.0. The maximum absolute atomic E-state index is 12.9. The summed E-state index contributed by atoms with van der Waals surface area (Å²) >= 11 is 0. The Morgan fingerprint density at radius 3 is 2.16 bits per heavy atom. The normalized spacial score (nSPS) is 14.5. The molecule has 32 heavy (non-hydrogen) atoms. The second-order valence-corrected chi connectivity index (χ2v) is 8.04. The van der Waals surface area contributed by atoms with Crippen molar-refractivity contribution in [3.8, 4) is 0 Å². The van der Waals surface area contributed by atoms with Crippen LogP contribution in [0.2, 0.25) is 0 Å². The molecule has 0 atom stereocenters. The fourth-order valence-electron chi connectivity index (χ4n) is 2.92. The number of ether oxygens (including phenoxy) is 3. The molecule has 0 saturated carbocycles. The van der Waals surface area contributed by atoms with Crippen molar-refractivity contribution in [3.63, 3.8) is 0 Å². The Bertz CT molecular complexity index is 897. The van der Waals surface area contributed by atoms with E-state index in [0.29, 0.717) is 37.4 Å². The fourth-order valence-corrected chi connectivity index (χ4v) is 2.92. The van der Waals surface area contributed by atoms with Gasteiger partial charge >= 0.3 is 18.0 Å². The molecular formula is C22H29N3O7. The third kappa shape index (κ3) is 7.00. The van der Waals surface area contributed by atoms with Crippen LogP contribution in [0, 0.1) is 0 Å². The van der Waals surface area contributed by atoms with Gasteiger partial charge in [0.05, 0.1) is 20.3 Å². The second-order valence-electron chi connectivity index (χ2n) is 8.04. The molecular weight excluding hydrogens is 418 g/mol. The minimum atomic E-state index is -0.759. The Labute approximate surface area is 187 Å². The predicted octanol–water partition coefficient (Wildman–Crippen LogP) is 2.02.